The molecule has 0 bridgehead atoms. The molecule has 0 aliphatic rings. The van der Waals surface area contributed by atoms with E-state index in [1.807, 2.05) is 39.8 Å². The minimum atomic E-state index is -0.825. The predicted octanol–water partition coefficient (Wildman–Crippen LogP) is 3.02. The Bertz CT molecular complexity index is 513. The van der Waals surface area contributed by atoms with Crippen molar-refractivity contribution in [3.63, 3.8) is 0 Å². The standard InChI is InChI=1S/C17H24NO2.Y/c1-11(2)17(6,14(5)19)18-16(20)13(4)15-10-8-7-9-12(15)3;/h7-9,11,13H,1-6H3,(H,18,20);/q-1;+3. The number of hydrogen-bond acceptors (Lipinski definition) is 2. The van der Waals surface area contributed by atoms with E-state index in [-0.39, 0.29) is 56.2 Å². The summed E-state index contributed by atoms with van der Waals surface area (Å²) in [5, 5.41) is 2.91. The minimum absolute atomic E-state index is 0. The number of aryl methyl sites for hydroxylation is 1. The van der Waals surface area contributed by atoms with Gasteiger partial charge in [-0.2, -0.15) is 29.8 Å². The molecular weight excluding hydrogens is 339 g/mol. The number of Topliss-reactive ketones (excluding diaryl/α,β-unsaturated/α-hetero) is 1. The zero-order valence-corrected chi connectivity index (χ0v) is 16.6. The Morgan fingerprint density at radius 2 is 1.86 bits per heavy atom. The number of amides is 1. The van der Waals surface area contributed by atoms with Crippen molar-refractivity contribution in [2.24, 2.45) is 5.92 Å². The van der Waals surface area contributed by atoms with Crippen molar-refractivity contribution >= 4 is 11.7 Å². The molecule has 0 aliphatic carbocycles. The van der Waals surface area contributed by atoms with Gasteiger partial charge in [-0.15, -0.1) is 5.56 Å². The van der Waals surface area contributed by atoms with E-state index in [4.69, 9.17) is 0 Å². The van der Waals surface area contributed by atoms with Gasteiger partial charge in [-0.1, -0.05) is 27.7 Å². The van der Waals surface area contributed by atoms with Gasteiger partial charge in [0.15, 0.2) is 5.78 Å². The molecule has 0 saturated carbocycles. The number of benzene rings is 1. The summed E-state index contributed by atoms with van der Waals surface area (Å²) in [4.78, 5) is 24.3. The Kier molecular flexibility index (Phi) is 7.98. The van der Waals surface area contributed by atoms with E-state index in [9.17, 15) is 9.59 Å². The molecule has 2 atom stereocenters. The van der Waals surface area contributed by atoms with E-state index >= 15 is 0 Å². The van der Waals surface area contributed by atoms with Crippen LogP contribution in [0.1, 0.15) is 51.7 Å². The molecule has 1 amide bonds. The first-order chi connectivity index (χ1) is 9.20. The maximum absolute atomic E-state index is 12.4. The first kappa shape index (κ1) is 20.5. The molecule has 0 aliphatic heterocycles. The third kappa shape index (κ3) is 4.72. The molecule has 0 fully saturated rings. The van der Waals surface area contributed by atoms with Crippen molar-refractivity contribution in [3.05, 3.63) is 35.4 Å². The molecule has 0 saturated heterocycles. The van der Waals surface area contributed by atoms with Crippen molar-refractivity contribution in [1.82, 2.24) is 5.32 Å². The van der Waals surface area contributed by atoms with Crippen LogP contribution in [-0.4, -0.2) is 17.2 Å². The van der Waals surface area contributed by atoms with Gasteiger partial charge in [0.2, 0.25) is 5.91 Å². The van der Waals surface area contributed by atoms with Gasteiger partial charge in [-0.3, -0.25) is 9.59 Å². The molecule has 4 heteroatoms. The fourth-order valence-electron chi connectivity index (χ4n) is 2.13. The summed E-state index contributed by atoms with van der Waals surface area (Å²) in [6.45, 7) is 11.0. The second-order valence-corrected chi connectivity index (χ2v) is 5.89. The Morgan fingerprint density at radius 1 is 1.29 bits per heavy atom. The molecular formula is C17H24NO2Y+2. The first-order valence-corrected chi connectivity index (χ1v) is 7.00. The summed E-state index contributed by atoms with van der Waals surface area (Å²) in [5.74, 6) is -0.450. The van der Waals surface area contributed by atoms with Crippen molar-refractivity contribution in [3.8, 4) is 0 Å². The van der Waals surface area contributed by atoms with Crippen LogP contribution in [0.3, 0.4) is 0 Å². The average molecular weight is 363 g/mol. The Morgan fingerprint density at radius 3 is 2.29 bits per heavy atom. The van der Waals surface area contributed by atoms with Crippen LogP contribution in [0.5, 0.6) is 0 Å². The van der Waals surface area contributed by atoms with E-state index in [0.717, 1.165) is 11.1 Å². The van der Waals surface area contributed by atoms with Crippen LogP contribution in [0.15, 0.2) is 18.2 Å². The van der Waals surface area contributed by atoms with E-state index in [1.165, 1.54) is 6.92 Å². The largest absolute Gasteiger partial charge is 3.00 e. The molecule has 21 heavy (non-hydrogen) atoms. The molecule has 110 valence electrons. The molecule has 0 aromatic heterocycles. The molecule has 1 aromatic rings. The third-order valence-corrected chi connectivity index (χ3v) is 4.20. The number of carbonyl (C=O) groups excluding carboxylic acids is 2. The van der Waals surface area contributed by atoms with E-state index in [0.29, 0.717) is 0 Å². The first-order valence-electron chi connectivity index (χ1n) is 7.00. The quantitative estimate of drug-likeness (QED) is 0.818. The van der Waals surface area contributed by atoms with Gasteiger partial charge in [0, 0.05) is 5.92 Å². The average Bonchev–Trinajstić information content (AvgIpc) is 2.37. The van der Waals surface area contributed by atoms with Crippen LogP contribution in [0.25, 0.3) is 0 Å². The summed E-state index contributed by atoms with van der Waals surface area (Å²) < 4.78 is 0. The SMILES string of the molecule is CC(=O)C(C)(NC(=O)C(C)c1[c-]cccc1C)C(C)C.[Y+3]. The summed E-state index contributed by atoms with van der Waals surface area (Å²) in [6, 6.07) is 8.78. The Balaban J connectivity index is 0.00000400. The number of nitrogens with one attached hydrogen (secondary N) is 1. The molecule has 0 heterocycles. The van der Waals surface area contributed by atoms with Gasteiger partial charge in [0.05, 0.1) is 5.54 Å². The third-order valence-electron chi connectivity index (χ3n) is 4.20. The number of rotatable bonds is 5. The van der Waals surface area contributed by atoms with Crippen molar-refractivity contribution < 1.29 is 42.3 Å². The van der Waals surface area contributed by atoms with Gasteiger partial charge in [-0.25, -0.2) is 0 Å². The normalized spacial score (nSPS) is 14.8. The second-order valence-electron chi connectivity index (χ2n) is 5.89. The molecule has 0 radical (unpaired) electrons. The van der Waals surface area contributed by atoms with E-state index < -0.39 is 5.54 Å². The zero-order valence-electron chi connectivity index (χ0n) is 13.8. The van der Waals surface area contributed by atoms with Crippen LogP contribution in [0.2, 0.25) is 0 Å². The van der Waals surface area contributed by atoms with Crippen molar-refractivity contribution in [2.45, 2.75) is 53.0 Å². The molecule has 0 spiro atoms. The summed E-state index contributed by atoms with van der Waals surface area (Å²) in [7, 11) is 0. The maximum atomic E-state index is 12.4. The maximum Gasteiger partial charge on any atom is 3.00 e. The van der Waals surface area contributed by atoms with Crippen LogP contribution in [0.4, 0.5) is 0 Å². The van der Waals surface area contributed by atoms with Crippen LogP contribution < -0.4 is 5.32 Å². The van der Waals surface area contributed by atoms with E-state index in [1.54, 1.807) is 13.0 Å². The van der Waals surface area contributed by atoms with E-state index in [2.05, 4.69) is 11.4 Å². The van der Waals surface area contributed by atoms with Crippen LogP contribution >= 0.6 is 0 Å². The number of ketones is 1. The molecule has 3 nitrogen and oxygen atoms in total. The Labute approximate surface area is 153 Å². The predicted molar refractivity (Wildman–Crippen MR) is 80.5 cm³/mol. The molecule has 1 rings (SSSR count). The summed E-state index contributed by atoms with van der Waals surface area (Å²) in [6.07, 6.45) is 0. The van der Waals surface area contributed by atoms with Gasteiger partial charge in [0.1, 0.15) is 0 Å². The van der Waals surface area contributed by atoms with Gasteiger partial charge < -0.3 is 5.32 Å². The smallest absolute Gasteiger partial charge is 0.343 e. The van der Waals surface area contributed by atoms with Gasteiger partial charge >= 0.3 is 32.7 Å². The summed E-state index contributed by atoms with van der Waals surface area (Å²) >= 11 is 0. The molecule has 1 N–H and O–H groups in total. The second kappa shape index (κ2) is 8.19. The van der Waals surface area contributed by atoms with Gasteiger partial charge in [0.25, 0.3) is 0 Å². The Hall–Kier alpha value is -0.536. The minimum Gasteiger partial charge on any atom is -0.343 e. The van der Waals surface area contributed by atoms with Crippen LogP contribution in [-0.2, 0) is 42.3 Å². The number of hydrogen-bond donors (Lipinski definition) is 1. The molecule has 1 aromatic carbocycles. The summed E-state index contributed by atoms with van der Waals surface area (Å²) in [5.41, 5.74) is 1.08. The monoisotopic (exact) mass is 363 g/mol. The topological polar surface area (TPSA) is 46.2 Å². The fraction of sp³-hybridized carbons (Fsp3) is 0.529. The van der Waals surface area contributed by atoms with Crippen molar-refractivity contribution in [1.29, 1.82) is 0 Å². The molecule has 2 unspecified atom stereocenters. The zero-order chi connectivity index (χ0) is 15.5. The van der Waals surface area contributed by atoms with Gasteiger partial charge in [-0.05, 0) is 19.8 Å². The number of carbonyl (C=O) groups is 2. The van der Waals surface area contributed by atoms with Crippen molar-refractivity contribution in [2.75, 3.05) is 0 Å². The fourth-order valence-corrected chi connectivity index (χ4v) is 2.13. The van der Waals surface area contributed by atoms with Crippen LogP contribution in [0, 0.1) is 18.9 Å².